The zero-order valence-electron chi connectivity index (χ0n) is 15.9. The smallest absolute Gasteiger partial charge is 0.261 e. The topological polar surface area (TPSA) is 38.3 Å². The van der Waals surface area contributed by atoms with Crippen molar-refractivity contribution in [1.82, 2.24) is 5.32 Å². The standard InChI is InChI=1S/C22H29NO2/c1-15(2)13-20(19-9-7-6-8-10-19)23-22(24)18(5)25-21-14-16(3)11-12-17(21)4/h6-12,14-15,18,20H,13H2,1-5H3,(H,23,24)/t18-,20-/m1/s1. The van der Waals surface area contributed by atoms with E-state index in [1.54, 1.807) is 6.92 Å². The molecule has 3 nitrogen and oxygen atoms in total. The third-order valence-corrected chi connectivity index (χ3v) is 4.24. The molecule has 0 heterocycles. The number of hydrogen-bond donors (Lipinski definition) is 1. The number of aryl methyl sites for hydroxylation is 2. The van der Waals surface area contributed by atoms with E-state index in [2.05, 4.69) is 31.3 Å². The van der Waals surface area contributed by atoms with E-state index in [1.165, 1.54) is 0 Å². The van der Waals surface area contributed by atoms with E-state index in [0.717, 1.165) is 28.9 Å². The summed E-state index contributed by atoms with van der Waals surface area (Å²) in [5, 5.41) is 3.15. The summed E-state index contributed by atoms with van der Waals surface area (Å²) in [7, 11) is 0. The van der Waals surface area contributed by atoms with Crippen molar-refractivity contribution in [1.29, 1.82) is 0 Å². The Morgan fingerprint density at radius 1 is 1.04 bits per heavy atom. The minimum Gasteiger partial charge on any atom is -0.481 e. The van der Waals surface area contributed by atoms with Gasteiger partial charge in [-0.1, -0.05) is 56.3 Å². The Labute approximate surface area is 151 Å². The summed E-state index contributed by atoms with van der Waals surface area (Å²) in [6.45, 7) is 10.1. The second-order valence-corrected chi connectivity index (χ2v) is 7.13. The van der Waals surface area contributed by atoms with Crippen molar-refractivity contribution < 1.29 is 9.53 Å². The van der Waals surface area contributed by atoms with Gasteiger partial charge in [0, 0.05) is 0 Å². The van der Waals surface area contributed by atoms with Crippen LogP contribution in [0.5, 0.6) is 5.75 Å². The molecule has 2 aromatic carbocycles. The van der Waals surface area contributed by atoms with Gasteiger partial charge in [-0.3, -0.25) is 4.79 Å². The predicted octanol–water partition coefficient (Wildman–Crippen LogP) is 4.97. The van der Waals surface area contributed by atoms with Crippen molar-refractivity contribution in [2.75, 3.05) is 0 Å². The number of rotatable bonds is 7. The maximum absolute atomic E-state index is 12.7. The Hall–Kier alpha value is -2.29. The molecule has 134 valence electrons. The number of ether oxygens (including phenoxy) is 1. The van der Waals surface area contributed by atoms with Crippen LogP contribution in [-0.2, 0) is 4.79 Å². The molecule has 0 saturated carbocycles. The van der Waals surface area contributed by atoms with Gasteiger partial charge < -0.3 is 10.1 Å². The third-order valence-electron chi connectivity index (χ3n) is 4.24. The highest BCUT2D eigenvalue weighted by Crippen LogP contribution is 2.23. The van der Waals surface area contributed by atoms with Gasteiger partial charge in [0.1, 0.15) is 5.75 Å². The number of carbonyl (C=O) groups is 1. The Morgan fingerprint density at radius 3 is 2.36 bits per heavy atom. The zero-order valence-corrected chi connectivity index (χ0v) is 15.9. The van der Waals surface area contributed by atoms with Gasteiger partial charge in [-0.25, -0.2) is 0 Å². The van der Waals surface area contributed by atoms with Crippen LogP contribution in [0.2, 0.25) is 0 Å². The van der Waals surface area contributed by atoms with Crippen LogP contribution in [0.1, 0.15) is 49.9 Å². The van der Waals surface area contributed by atoms with E-state index >= 15 is 0 Å². The maximum atomic E-state index is 12.7. The molecule has 0 fully saturated rings. The normalized spacial score (nSPS) is 13.4. The first-order valence-electron chi connectivity index (χ1n) is 8.96. The minimum absolute atomic E-state index is 0.00152. The molecule has 0 saturated heterocycles. The molecule has 2 rings (SSSR count). The molecule has 0 aliphatic heterocycles. The fraction of sp³-hybridized carbons (Fsp3) is 0.409. The lowest BCUT2D eigenvalue weighted by Gasteiger charge is -2.24. The predicted molar refractivity (Wildman–Crippen MR) is 103 cm³/mol. The number of amides is 1. The van der Waals surface area contributed by atoms with Gasteiger partial charge >= 0.3 is 0 Å². The van der Waals surface area contributed by atoms with Crippen LogP contribution < -0.4 is 10.1 Å². The molecular formula is C22H29NO2. The fourth-order valence-corrected chi connectivity index (χ4v) is 2.80. The summed E-state index contributed by atoms with van der Waals surface area (Å²) in [6, 6.07) is 16.1. The molecule has 0 radical (unpaired) electrons. The molecule has 2 aromatic rings. The number of hydrogen-bond acceptors (Lipinski definition) is 2. The molecule has 3 heteroatoms. The second-order valence-electron chi connectivity index (χ2n) is 7.13. The fourth-order valence-electron chi connectivity index (χ4n) is 2.80. The first-order valence-corrected chi connectivity index (χ1v) is 8.96. The van der Waals surface area contributed by atoms with Gasteiger partial charge in [-0.2, -0.15) is 0 Å². The second kappa shape index (κ2) is 8.70. The number of carbonyl (C=O) groups excluding carboxylic acids is 1. The van der Waals surface area contributed by atoms with Crippen molar-refractivity contribution >= 4 is 5.91 Å². The summed E-state index contributed by atoms with van der Waals surface area (Å²) >= 11 is 0. The van der Waals surface area contributed by atoms with E-state index in [4.69, 9.17) is 4.74 Å². The number of nitrogens with one attached hydrogen (secondary N) is 1. The minimum atomic E-state index is -0.543. The third kappa shape index (κ3) is 5.63. The van der Waals surface area contributed by atoms with Crippen molar-refractivity contribution in [3.8, 4) is 5.75 Å². The molecule has 2 atom stereocenters. The Morgan fingerprint density at radius 2 is 1.72 bits per heavy atom. The summed E-state index contributed by atoms with van der Waals surface area (Å²) in [4.78, 5) is 12.7. The molecule has 0 unspecified atom stereocenters. The summed E-state index contributed by atoms with van der Waals surface area (Å²) < 4.78 is 5.92. The van der Waals surface area contributed by atoms with Crippen LogP contribution in [-0.4, -0.2) is 12.0 Å². The molecule has 0 aliphatic rings. The lowest BCUT2D eigenvalue weighted by atomic mass is 9.97. The quantitative estimate of drug-likeness (QED) is 0.773. The summed E-state index contributed by atoms with van der Waals surface area (Å²) in [6.07, 6.45) is 0.352. The van der Waals surface area contributed by atoms with E-state index in [9.17, 15) is 4.79 Å². The summed E-state index contributed by atoms with van der Waals surface area (Å²) in [5.74, 6) is 1.17. The molecule has 0 aliphatic carbocycles. The summed E-state index contributed by atoms with van der Waals surface area (Å²) in [5.41, 5.74) is 3.28. The molecule has 1 amide bonds. The van der Waals surface area contributed by atoms with Crippen molar-refractivity contribution in [3.05, 3.63) is 65.2 Å². The van der Waals surface area contributed by atoms with E-state index in [-0.39, 0.29) is 11.9 Å². The van der Waals surface area contributed by atoms with Gasteiger partial charge in [-0.15, -0.1) is 0 Å². The molecule has 0 spiro atoms. The average Bonchev–Trinajstić information content (AvgIpc) is 2.57. The molecule has 25 heavy (non-hydrogen) atoms. The first-order chi connectivity index (χ1) is 11.9. The number of benzene rings is 2. The van der Waals surface area contributed by atoms with Crippen LogP contribution in [0.25, 0.3) is 0 Å². The van der Waals surface area contributed by atoms with Gasteiger partial charge in [0.15, 0.2) is 6.10 Å². The van der Waals surface area contributed by atoms with Gasteiger partial charge in [-0.05, 0) is 55.9 Å². The van der Waals surface area contributed by atoms with E-state index in [1.807, 2.05) is 50.2 Å². The molecule has 1 N–H and O–H groups in total. The van der Waals surface area contributed by atoms with E-state index < -0.39 is 6.10 Å². The van der Waals surface area contributed by atoms with Gasteiger partial charge in [0.25, 0.3) is 5.91 Å². The highest BCUT2D eigenvalue weighted by molar-refractivity contribution is 5.81. The van der Waals surface area contributed by atoms with Crippen LogP contribution >= 0.6 is 0 Å². The SMILES string of the molecule is Cc1ccc(C)c(O[C@H](C)C(=O)N[C@H](CC(C)C)c2ccccc2)c1. The van der Waals surface area contributed by atoms with Gasteiger partial charge in [0.05, 0.1) is 6.04 Å². The maximum Gasteiger partial charge on any atom is 0.261 e. The van der Waals surface area contributed by atoms with Crippen molar-refractivity contribution in [2.24, 2.45) is 5.92 Å². The van der Waals surface area contributed by atoms with Crippen molar-refractivity contribution in [2.45, 2.75) is 53.2 Å². The Kier molecular flexibility index (Phi) is 6.63. The van der Waals surface area contributed by atoms with Crippen molar-refractivity contribution in [3.63, 3.8) is 0 Å². The largest absolute Gasteiger partial charge is 0.481 e. The lowest BCUT2D eigenvalue weighted by molar-refractivity contribution is -0.128. The molecular weight excluding hydrogens is 310 g/mol. The van der Waals surface area contributed by atoms with Crippen LogP contribution in [0.3, 0.4) is 0 Å². The lowest BCUT2D eigenvalue weighted by Crippen LogP contribution is -2.39. The zero-order chi connectivity index (χ0) is 18.4. The molecule has 0 bridgehead atoms. The Bertz CT molecular complexity index is 694. The van der Waals surface area contributed by atoms with Crippen LogP contribution in [0, 0.1) is 19.8 Å². The van der Waals surface area contributed by atoms with Crippen LogP contribution in [0.4, 0.5) is 0 Å². The molecule has 0 aromatic heterocycles. The average molecular weight is 339 g/mol. The monoisotopic (exact) mass is 339 g/mol. The van der Waals surface area contributed by atoms with Gasteiger partial charge in [0.2, 0.25) is 0 Å². The highest BCUT2D eigenvalue weighted by Gasteiger charge is 2.21. The Balaban J connectivity index is 2.08. The van der Waals surface area contributed by atoms with E-state index in [0.29, 0.717) is 5.92 Å². The van der Waals surface area contributed by atoms with Crippen LogP contribution in [0.15, 0.2) is 48.5 Å². The highest BCUT2D eigenvalue weighted by atomic mass is 16.5. The first kappa shape index (κ1) is 19.0.